The third-order valence-corrected chi connectivity index (χ3v) is 6.90. The number of piperidine rings is 3. The van der Waals surface area contributed by atoms with Crippen molar-refractivity contribution in [2.75, 3.05) is 26.7 Å². The molecule has 0 spiro atoms. The summed E-state index contributed by atoms with van der Waals surface area (Å²) >= 11 is 0. The van der Waals surface area contributed by atoms with Crippen LogP contribution in [0, 0.1) is 5.92 Å². The minimum Gasteiger partial charge on any atom is -0.497 e. The second-order valence-electron chi connectivity index (χ2n) is 8.34. The molecule has 1 amide bonds. The fourth-order valence-electron chi connectivity index (χ4n) is 5.42. The highest BCUT2D eigenvalue weighted by Crippen LogP contribution is 2.36. The van der Waals surface area contributed by atoms with E-state index in [9.17, 15) is 4.79 Å². The van der Waals surface area contributed by atoms with E-state index in [2.05, 4.69) is 20.0 Å². The fourth-order valence-corrected chi connectivity index (χ4v) is 5.42. The third kappa shape index (κ3) is 2.90. The lowest BCUT2D eigenvalue weighted by Crippen LogP contribution is -2.60. The molecule has 1 aromatic carbocycles. The number of methoxy groups -OCH3 is 1. The van der Waals surface area contributed by atoms with Gasteiger partial charge in [-0.3, -0.25) is 9.89 Å². The Morgan fingerprint density at radius 3 is 2.67 bits per heavy atom. The monoisotopic (exact) mass is 368 g/mol. The summed E-state index contributed by atoms with van der Waals surface area (Å²) in [6, 6.07) is 6.46. The Morgan fingerprint density at radius 2 is 2.00 bits per heavy atom. The molecule has 27 heavy (non-hydrogen) atoms. The standard InChI is InChI=1S/C21H28N4O2/c1-27-16-6-7-18-17(12-16)20(23-22-18)21(26)25(15-4-2-3-5-15)19-13-24-10-8-14(19)9-11-24/h6-7,12,14-15,19H,2-5,8-11,13H2,1H3,(H,22,23)/t19-/m1/s1. The normalized spacial score (nSPS) is 28.0. The molecular formula is C21H28N4O2. The van der Waals surface area contributed by atoms with Crippen LogP contribution < -0.4 is 4.74 Å². The number of hydrogen-bond donors (Lipinski definition) is 1. The molecule has 3 aliphatic heterocycles. The summed E-state index contributed by atoms with van der Waals surface area (Å²) in [4.78, 5) is 18.5. The summed E-state index contributed by atoms with van der Waals surface area (Å²) in [5.74, 6) is 1.49. The quantitative estimate of drug-likeness (QED) is 0.901. The summed E-state index contributed by atoms with van der Waals surface area (Å²) in [6.45, 7) is 3.41. The van der Waals surface area contributed by atoms with Crippen molar-refractivity contribution in [2.24, 2.45) is 5.92 Å². The molecule has 1 atom stereocenters. The van der Waals surface area contributed by atoms with E-state index in [1.807, 2.05) is 18.2 Å². The number of carbonyl (C=O) groups is 1. The van der Waals surface area contributed by atoms with E-state index in [1.165, 1.54) is 38.8 Å². The number of aromatic nitrogens is 2. The van der Waals surface area contributed by atoms with Gasteiger partial charge in [0.05, 0.1) is 12.6 Å². The summed E-state index contributed by atoms with van der Waals surface area (Å²) in [5.41, 5.74) is 1.44. The average Bonchev–Trinajstić information content (AvgIpc) is 3.38. The first kappa shape index (κ1) is 17.0. The Morgan fingerprint density at radius 1 is 1.22 bits per heavy atom. The number of fused-ring (bicyclic) bond motifs is 4. The maximum Gasteiger partial charge on any atom is 0.275 e. The van der Waals surface area contributed by atoms with Crippen LogP contribution in [0.3, 0.4) is 0 Å². The SMILES string of the molecule is COc1ccc2[nH]nc(C(=O)N(C3CCCC3)[C@@H]3CN4CCC3CC4)c2c1. The average molecular weight is 368 g/mol. The minimum atomic E-state index is 0.0974. The molecule has 1 aromatic heterocycles. The van der Waals surface area contributed by atoms with Crippen molar-refractivity contribution >= 4 is 16.8 Å². The van der Waals surface area contributed by atoms with Gasteiger partial charge in [-0.15, -0.1) is 0 Å². The minimum absolute atomic E-state index is 0.0974. The largest absolute Gasteiger partial charge is 0.497 e. The number of ether oxygens (including phenoxy) is 1. The number of carbonyl (C=O) groups excluding carboxylic acids is 1. The molecule has 3 saturated heterocycles. The lowest BCUT2D eigenvalue weighted by molar-refractivity contribution is -0.00671. The lowest BCUT2D eigenvalue weighted by atomic mass is 9.82. The van der Waals surface area contributed by atoms with E-state index in [-0.39, 0.29) is 5.91 Å². The van der Waals surface area contributed by atoms with Crippen LogP contribution in [-0.2, 0) is 0 Å². The smallest absolute Gasteiger partial charge is 0.275 e. The number of H-pyrrole nitrogens is 1. The molecule has 6 nitrogen and oxygen atoms in total. The number of aromatic amines is 1. The molecule has 0 unspecified atom stereocenters. The molecule has 6 heteroatoms. The van der Waals surface area contributed by atoms with Gasteiger partial charge in [-0.2, -0.15) is 5.10 Å². The predicted molar refractivity (Wildman–Crippen MR) is 104 cm³/mol. The first-order valence-electron chi connectivity index (χ1n) is 10.3. The van der Waals surface area contributed by atoms with Crippen molar-refractivity contribution in [2.45, 2.75) is 50.6 Å². The molecule has 2 bridgehead atoms. The van der Waals surface area contributed by atoms with Crippen LogP contribution in [0.15, 0.2) is 18.2 Å². The number of benzene rings is 1. The van der Waals surface area contributed by atoms with Crippen molar-refractivity contribution in [3.63, 3.8) is 0 Å². The maximum absolute atomic E-state index is 13.8. The van der Waals surface area contributed by atoms with E-state index in [4.69, 9.17) is 4.74 Å². The van der Waals surface area contributed by atoms with Gasteiger partial charge in [0.15, 0.2) is 5.69 Å². The molecule has 4 aliphatic rings. The maximum atomic E-state index is 13.8. The van der Waals surface area contributed by atoms with Gasteiger partial charge < -0.3 is 14.5 Å². The first-order valence-corrected chi connectivity index (χ1v) is 10.3. The number of hydrogen-bond acceptors (Lipinski definition) is 4. The number of nitrogens with zero attached hydrogens (tertiary/aromatic N) is 3. The number of nitrogens with one attached hydrogen (secondary N) is 1. The second kappa shape index (κ2) is 6.82. The molecule has 4 fully saturated rings. The molecule has 144 valence electrons. The van der Waals surface area contributed by atoms with Crippen molar-refractivity contribution in [1.82, 2.24) is 20.0 Å². The van der Waals surface area contributed by atoms with Gasteiger partial charge in [0.25, 0.3) is 5.91 Å². The van der Waals surface area contributed by atoms with Crippen LogP contribution in [0.2, 0.25) is 0 Å². The van der Waals surface area contributed by atoms with Crippen LogP contribution >= 0.6 is 0 Å². The zero-order valence-corrected chi connectivity index (χ0v) is 16.0. The number of rotatable bonds is 4. The Bertz CT molecular complexity index is 834. The van der Waals surface area contributed by atoms with Crippen LogP contribution in [0.25, 0.3) is 10.9 Å². The topological polar surface area (TPSA) is 61.5 Å². The van der Waals surface area contributed by atoms with E-state index in [0.29, 0.717) is 23.7 Å². The predicted octanol–water partition coefficient (Wildman–Crippen LogP) is 3.05. The van der Waals surface area contributed by atoms with Crippen LogP contribution in [0.4, 0.5) is 0 Å². The van der Waals surface area contributed by atoms with Crippen molar-refractivity contribution in [3.8, 4) is 5.75 Å². The van der Waals surface area contributed by atoms with Crippen LogP contribution in [0.1, 0.15) is 49.0 Å². The lowest BCUT2D eigenvalue weighted by Gasteiger charge is -2.50. The van der Waals surface area contributed by atoms with Gasteiger partial charge in [-0.1, -0.05) is 12.8 Å². The highest BCUT2D eigenvalue weighted by molar-refractivity contribution is 6.05. The summed E-state index contributed by atoms with van der Waals surface area (Å²) < 4.78 is 5.37. The summed E-state index contributed by atoms with van der Waals surface area (Å²) in [5, 5.41) is 8.34. The summed E-state index contributed by atoms with van der Waals surface area (Å²) in [6.07, 6.45) is 7.14. The van der Waals surface area contributed by atoms with Gasteiger partial charge in [-0.25, -0.2) is 0 Å². The van der Waals surface area contributed by atoms with Gasteiger partial charge in [0.2, 0.25) is 0 Å². The molecular weight excluding hydrogens is 340 g/mol. The van der Waals surface area contributed by atoms with Gasteiger partial charge in [0, 0.05) is 24.0 Å². The molecule has 1 N–H and O–H groups in total. The van der Waals surface area contributed by atoms with Gasteiger partial charge in [-0.05, 0) is 62.9 Å². The van der Waals surface area contributed by atoms with Crippen molar-refractivity contribution in [1.29, 1.82) is 0 Å². The number of amides is 1. The highest BCUT2D eigenvalue weighted by atomic mass is 16.5. The Labute approximate surface area is 159 Å². The first-order chi connectivity index (χ1) is 13.2. The van der Waals surface area contributed by atoms with Gasteiger partial charge >= 0.3 is 0 Å². The van der Waals surface area contributed by atoms with E-state index >= 15 is 0 Å². The Hall–Kier alpha value is -2.08. The molecule has 6 rings (SSSR count). The Kier molecular flexibility index (Phi) is 4.31. The molecule has 4 heterocycles. The summed E-state index contributed by atoms with van der Waals surface area (Å²) in [7, 11) is 1.65. The zero-order chi connectivity index (χ0) is 18.4. The molecule has 1 saturated carbocycles. The highest BCUT2D eigenvalue weighted by Gasteiger charge is 2.43. The second-order valence-corrected chi connectivity index (χ2v) is 8.34. The Balaban J connectivity index is 1.52. The zero-order valence-electron chi connectivity index (χ0n) is 16.0. The third-order valence-electron chi connectivity index (χ3n) is 6.90. The van der Waals surface area contributed by atoms with Gasteiger partial charge in [0.1, 0.15) is 5.75 Å². The molecule has 1 aliphatic carbocycles. The van der Waals surface area contributed by atoms with Crippen LogP contribution in [0.5, 0.6) is 5.75 Å². The van der Waals surface area contributed by atoms with E-state index in [1.54, 1.807) is 7.11 Å². The molecule has 2 aromatic rings. The van der Waals surface area contributed by atoms with Crippen LogP contribution in [-0.4, -0.2) is 64.7 Å². The fraction of sp³-hybridized carbons (Fsp3) is 0.619. The van der Waals surface area contributed by atoms with E-state index in [0.717, 1.165) is 36.0 Å². The molecule has 0 radical (unpaired) electrons. The van der Waals surface area contributed by atoms with Crippen molar-refractivity contribution < 1.29 is 9.53 Å². The van der Waals surface area contributed by atoms with Crippen molar-refractivity contribution in [3.05, 3.63) is 23.9 Å². The van der Waals surface area contributed by atoms with E-state index < -0.39 is 0 Å².